The number of rotatable bonds is 4. The Hall–Kier alpha value is -2.15. The van der Waals surface area contributed by atoms with Crippen LogP contribution in [0.3, 0.4) is 0 Å². The summed E-state index contributed by atoms with van der Waals surface area (Å²) in [5.41, 5.74) is 0.150. The minimum absolute atomic E-state index is 0.00506. The monoisotopic (exact) mass is 295 g/mol. The Kier molecular flexibility index (Phi) is 3.89. The van der Waals surface area contributed by atoms with Gasteiger partial charge in [0.1, 0.15) is 4.90 Å². The summed E-state index contributed by atoms with van der Waals surface area (Å²) in [4.78, 5) is 23.1. The molecule has 20 heavy (non-hydrogen) atoms. The molecule has 1 aliphatic rings. The van der Waals surface area contributed by atoms with Crippen LogP contribution in [0.1, 0.15) is 17.3 Å². The van der Waals surface area contributed by atoms with Gasteiger partial charge >= 0.3 is 5.97 Å². The summed E-state index contributed by atoms with van der Waals surface area (Å²) in [7, 11) is -3.83. The van der Waals surface area contributed by atoms with E-state index < -0.39 is 21.9 Å². The topological polar surface area (TPSA) is 80.8 Å². The van der Waals surface area contributed by atoms with E-state index in [1.54, 1.807) is 19.1 Å². The van der Waals surface area contributed by atoms with Crippen LogP contribution in [0, 0.1) is 0 Å². The largest absolute Gasteiger partial charge is 0.463 e. The Labute approximate surface area is 116 Å². The maximum Gasteiger partial charge on any atom is 0.330 e. The molecule has 1 aromatic rings. The van der Waals surface area contributed by atoms with E-state index in [4.69, 9.17) is 0 Å². The molecule has 0 spiro atoms. The van der Waals surface area contributed by atoms with E-state index >= 15 is 0 Å². The summed E-state index contributed by atoms with van der Waals surface area (Å²) < 4.78 is 29.7. The normalized spacial score (nSPS) is 16.4. The molecule has 2 rings (SSSR count). The van der Waals surface area contributed by atoms with Gasteiger partial charge in [-0.2, -0.15) is 0 Å². The van der Waals surface area contributed by atoms with Gasteiger partial charge in [-0.25, -0.2) is 17.5 Å². The third-order valence-corrected chi connectivity index (χ3v) is 4.53. The summed E-state index contributed by atoms with van der Waals surface area (Å²) in [6, 6.07) is 6.01. The first kappa shape index (κ1) is 14.3. The highest BCUT2D eigenvalue weighted by atomic mass is 32.2. The number of amides is 1. The molecule has 0 saturated carbocycles. The molecule has 0 aromatic heterocycles. The van der Waals surface area contributed by atoms with Crippen molar-refractivity contribution in [3.8, 4) is 0 Å². The average Bonchev–Trinajstić information content (AvgIpc) is 2.61. The minimum atomic E-state index is -3.83. The van der Waals surface area contributed by atoms with Crippen molar-refractivity contribution in [2.24, 2.45) is 0 Å². The lowest BCUT2D eigenvalue weighted by molar-refractivity contribution is -0.137. The van der Waals surface area contributed by atoms with Crippen molar-refractivity contribution in [1.29, 1.82) is 0 Å². The van der Waals surface area contributed by atoms with Gasteiger partial charge in [0.25, 0.3) is 15.9 Å². The van der Waals surface area contributed by atoms with Crippen molar-refractivity contribution in [3.63, 3.8) is 0 Å². The first-order chi connectivity index (χ1) is 9.48. The maximum atomic E-state index is 12.2. The highest BCUT2D eigenvalue weighted by Crippen LogP contribution is 2.29. The van der Waals surface area contributed by atoms with Crippen LogP contribution in [-0.4, -0.2) is 37.8 Å². The van der Waals surface area contributed by atoms with Gasteiger partial charge in [-0.3, -0.25) is 4.79 Å². The smallest absolute Gasteiger partial charge is 0.330 e. The van der Waals surface area contributed by atoms with Gasteiger partial charge < -0.3 is 4.74 Å². The van der Waals surface area contributed by atoms with E-state index in [1.165, 1.54) is 18.2 Å². The Morgan fingerprint density at radius 2 is 2.05 bits per heavy atom. The van der Waals surface area contributed by atoms with Gasteiger partial charge in [0.05, 0.1) is 18.7 Å². The third kappa shape index (κ3) is 2.44. The molecule has 0 bridgehead atoms. The predicted molar refractivity (Wildman–Crippen MR) is 70.4 cm³/mol. The molecule has 1 amide bonds. The molecule has 0 saturated heterocycles. The number of carbonyl (C=O) groups is 2. The lowest BCUT2D eigenvalue weighted by Gasteiger charge is -2.11. The van der Waals surface area contributed by atoms with Crippen LogP contribution < -0.4 is 0 Å². The predicted octanol–water partition coefficient (Wildman–Crippen LogP) is 0.950. The van der Waals surface area contributed by atoms with Crippen molar-refractivity contribution in [2.75, 3.05) is 13.2 Å². The molecule has 0 radical (unpaired) electrons. The molecule has 1 aliphatic heterocycles. The van der Waals surface area contributed by atoms with Crippen molar-refractivity contribution < 1.29 is 22.7 Å². The van der Waals surface area contributed by atoms with Gasteiger partial charge in [-0.15, -0.1) is 0 Å². The molecule has 0 unspecified atom stereocenters. The molecule has 1 aromatic carbocycles. The molecule has 7 heteroatoms. The van der Waals surface area contributed by atoms with Gasteiger partial charge in [0, 0.05) is 6.08 Å². The van der Waals surface area contributed by atoms with Gasteiger partial charge in [0.15, 0.2) is 0 Å². The number of sulfonamides is 1. The van der Waals surface area contributed by atoms with Crippen LogP contribution in [0.25, 0.3) is 0 Å². The second kappa shape index (κ2) is 5.46. The van der Waals surface area contributed by atoms with E-state index in [1.807, 2.05) is 0 Å². The summed E-state index contributed by atoms with van der Waals surface area (Å²) in [6.45, 7) is 1.70. The number of nitrogens with zero attached hydrogens (tertiary/aromatic N) is 1. The quantitative estimate of drug-likeness (QED) is 0.610. The standard InChI is InChI=1S/C13H13NO5S/c1-2-19-12(15)8-5-9-14-13(16)10-6-3-4-7-11(10)20(14,17)18/h3-8H,2,9H2,1H3/b8-5+. The summed E-state index contributed by atoms with van der Waals surface area (Å²) >= 11 is 0. The Morgan fingerprint density at radius 3 is 2.70 bits per heavy atom. The SMILES string of the molecule is CCOC(=O)/C=C/CN1C(=O)c2ccccc2S1(=O)=O. The molecule has 0 atom stereocenters. The van der Waals surface area contributed by atoms with E-state index in [0.717, 1.165) is 10.4 Å². The second-order valence-corrected chi connectivity index (χ2v) is 5.82. The molecule has 0 aliphatic carbocycles. The minimum Gasteiger partial charge on any atom is -0.463 e. The van der Waals surface area contributed by atoms with Gasteiger partial charge in [-0.1, -0.05) is 18.2 Å². The van der Waals surface area contributed by atoms with E-state index in [9.17, 15) is 18.0 Å². The third-order valence-electron chi connectivity index (χ3n) is 2.72. The zero-order valence-corrected chi connectivity index (χ0v) is 11.6. The zero-order chi connectivity index (χ0) is 14.8. The van der Waals surface area contributed by atoms with Crippen molar-refractivity contribution in [1.82, 2.24) is 4.31 Å². The van der Waals surface area contributed by atoms with Gasteiger partial charge in [-0.05, 0) is 19.1 Å². The Bertz CT molecular complexity index is 678. The lowest BCUT2D eigenvalue weighted by atomic mass is 10.2. The molecule has 1 heterocycles. The number of fused-ring (bicyclic) bond motifs is 1. The first-order valence-corrected chi connectivity index (χ1v) is 7.42. The lowest BCUT2D eigenvalue weighted by Crippen LogP contribution is -2.30. The van der Waals surface area contributed by atoms with Crippen LogP contribution in [0.5, 0.6) is 0 Å². The summed E-state index contributed by atoms with van der Waals surface area (Å²) in [5.74, 6) is -1.16. The van der Waals surface area contributed by atoms with E-state index in [0.29, 0.717) is 0 Å². The molecular formula is C13H13NO5S. The average molecular weight is 295 g/mol. The van der Waals surface area contributed by atoms with E-state index in [2.05, 4.69) is 4.74 Å². The Balaban J connectivity index is 2.20. The van der Waals surface area contributed by atoms with E-state index in [-0.39, 0.29) is 23.6 Å². The van der Waals surface area contributed by atoms with Crippen molar-refractivity contribution in [2.45, 2.75) is 11.8 Å². The van der Waals surface area contributed by atoms with Crippen LogP contribution in [-0.2, 0) is 19.6 Å². The fraction of sp³-hybridized carbons (Fsp3) is 0.231. The highest BCUT2D eigenvalue weighted by Gasteiger charge is 2.39. The zero-order valence-electron chi connectivity index (χ0n) is 10.8. The number of hydrogen-bond acceptors (Lipinski definition) is 5. The first-order valence-electron chi connectivity index (χ1n) is 5.98. The summed E-state index contributed by atoms with van der Waals surface area (Å²) in [5, 5.41) is 0. The Morgan fingerprint density at radius 1 is 1.35 bits per heavy atom. The number of benzene rings is 1. The number of hydrogen-bond donors (Lipinski definition) is 0. The highest BCUT2D eigenvalue weighted by molar-refractivity contribution is 7.90. The van der Waals surface area contributed by atoms with Crippen molar-refractivity contribution in [3.05, 3.63) is 42.0 Å². The van der Waals surface area contributed by atoms with Crippen LogP contribution in [0.2, 0.25) is 0 Å². The fourth-order valence-electron chi connectivity index (χ4n) is 1.85. The van der Waals surface area contributed by atoms with Crippen LogP contribution >= 0.6 is 0 Å². The fourth-order valence-corrected chi connectivity index (χ4v) is 3.37. The number of ether oxygens (including phenoxy) is 1. The summed E-state index contributed by atoms with van der Waals surface area (Å²) in [6.07, 6.45) is 2.40. The van der Waals surface area contributed by atoms with Crippen LogP contribution in [0.4, 0.5) is 0 Å². The second-order valence-electron chi connectivity index (χ2n) is 3.99. The van der Waals surface area contributed by atoms with Crippen molar-refractivity contribution >= 4 is 21.9 Å². The molecule has 0 fully saturated rings. The molecule has 0 N–H and O–H groups in total. The molecule has 106 valence electrons. The number of esters is 1. The van der Waals surface area contributed by atoms with Crippen LogP contribution in [0.15, 0.2) is 41.3 Å². The molecule has 6 nitrogen and oxygen atoms in total. The maximum absolute atomic E-state index is 12.2. The number of carbonyl (C=O) groups excluding carboxylic acids is 2. The van der Waals surface area contributed by atoms with Gasteiger partial charge in [0.2, 0.25) is 0 Å². The molecular weight excluding hydrogens is 282 g/mol.